The summed E-state index contributed by atoms with van der Waals surface area (Å²) < 4.78 is 69.7. The highest BCUT2D eigenvalue weighted by atomic mass is 19.4. The van der Waals surface area contributed by atoms with Crippen molar-refractivity contribution in [2.75, 3.05) is 48.3 Å². The van der Waals surface area contributed by atoms with Crippen molar-refractivity contribution in [2.45, 2.75) is 120 Å². The molecule has 0 aliphatic carbocycles. The van der Waals surface area contributed by atoms with E-state index in [1.54, 1.807) is 0 Å². The Morgan fingerprint density at radius 2 is 1.13 bits per heavy atom. The third-order valence-electron chi connectivity index (χ3n) is 10.5. The molecule has 19 heteroatoms. The van der Waals surface area contributed by atoms with E-state index in [0.29, 0.717) is 66.5 Å². The van der Waals surface area contributed by atoms with Crippen molar-refractivity contribution in [1.29, 1.82) is 0 Å². The Balaban J connectivity index is 0.000000537. The summed E-state index contributed by atoms with van der Waals surface area (Å²) in [7, 11) is 9.19. The molecule has 1 atom stereocenters. The fourth-order valence-electron chi connectivity index (χ4n) is 6.52. The number of amides is 3. The van der Waals surface area contributed by atoms with Crippen LogP contribution >= 0.6 is 0 Å². The minimum Gasteiger partial charge on any atom is -0.372 e. The molecule has 0 bridgehead atoms. The maximum Gasteiger partial charge on any atom is 0.416 e. The highest BCUT2D eigenvalue weighted by molar-refractivity contribution is 5.96. The van der Waals surface area contributed by atoms with E-state index in [2.05, 4.69) is 69.1 Å². The summed E-state index contributed by atoms with van der Waals surface area (Å²) in [6.07, 6.45) is -0.460. The summed E-state index contributed by atoms with van der Waals surface area (Å²) in [5.74, 6) is -1.31. The summed E-state index contributed by atoms with van der Waals surface area (Å²) in [6, 6.07) is 7.41. The van der Waals surface area contributed by atoms with Gasteiger partial charge < -0.3 is 45.4 Å². The minimum absolute atomic E-state index is 0.175. The topological polar surface area (TPSA) is 173 Å². The van der Waals surface area contributed by atoms with E-state index < -0.39 is 40.7 Å². The van der Waals surface area contributed by atoms with Crippen molar-refractivity contribution in [3.8, 4) is 22.8 Å². The molecule has 68 heavy (non-hydrogen) atoms. The van der Waals surface area contributed by atoms with Crippen LogP contribution in [0.15, 0.2) is 42.5 Å². The standard InChI is InChI=1S/C21H26F2N4O2.C17H19F3N4O.C6H14.C2H7N.C2H6.CH3NO/c1-21(2,3)17(12-28)24-20(29)18-16-11-26(4)6-5-7-27(16)19(25-18)13-8-14(22)10-15(23)9-13;1-21-16(25)14-13-10-23(2)8-3-9-24(13)15(22-14)11-4-6-12(7-5-11)17(18,19)20;1-5-6(2,3)4;1-3-2;1-2;2-1-3/h8-10,12,17H,5-7,11H2,1-4H3,(H,24,29);4-7H,3,8-10H2,1-2H3,(H,21,25);5H2,1-4H3;3H,1-2H3;1-2H3;1H,(H2,2,3). The predicted molar refractivity (Wildman–Crippen MR) is 259 cm³/mol. The first-order valence-electron chi connectivity index (χ1n) is 22.7. The van der Waals surface area contributed by atoms with E-state index in [-0.39, 0.29) is 23.6 Å². The number of aromatic nitrogens is 4. The van der Waals surface area contributed by atoms with E-state index in [9.17, 15) is 36.3 Å². The van der Waals surface area contributed by atoms with Crippen LogP contribution in [0.1, 0.15) is 120 Å². The van der Waals surface area contributed by atoms with Gasteiger partial charge in [-0.3, -0.25) is 14.4 Å². The second kappa shape index (κ2) is 28.1. The number of nitrogens with one attached hydrogen (secondary N) is 3. The summed E-state index contributed by atoms with van der Waals surface area (Å²) in [5.41, 5.74) is 6.34. The van der Waals surface area contributed by atoms with Crippen LogP contribution in [0.25, 0.3) is 22.8 Å². The van der Waals surface area contributed by atoms with Crippen molar-refractivity contribution < 1.29 is 41.1 Å². The number of imidazole rings is 2. The van der Waals surface area contributed by atoms with Crippen LogP contribution in [0.2, 0.25) is 0 Å². The third kappa shape index (κ3) is 18.5. The lowest BCUT2D eigenvalue weighted by molar-refractivity contribution is -0.137. The molecule has 0 saturated carbocycles. The van der Waals surface area contributed by atoms with Crippen molar-refractivity contribution in [1.82, 2.24) is 44.9 Å². The van der Waals surface area contributed by atoms with Crippen molar-refractivity contribution >= 4 is 24.5 Å². The fourth-order valence-corrected chi connectivity index (χ4v) is 6.52. The Labute approximate surface area is 399 Å². The number of carbonyl (C=O) groups excluding carboxylic acids is 4. The normalized spacial score (nSPS) is 14.2. The number of carbonyl (C=O) groups is 4. The van der Waals surface area contributed by atoms with Crippen LogP contribution in [0, 0.1) is 22.5 Å². The Morgan fingerprint density at radius 3 is 1.49 bits per heavy atom. The molecule has 2 aromatic heterocycles. The van der Waals surface area contributed by atoms with Gasteiger partial charge >= 0.3 is 6.18 Å². The number of halogens is 5. The second-order valence-electron chi connectivity index (χ2n) is 18.3. The average molecular weight is 963 g/mol. The van der Waals surface area contributed by atoms with Gasteiger partial charge in [-0.1, -0.05) is 80.9 Å². The molecule has 3 amide bonds. The zero-order chi connectivity index (χ0) is 52.2. The zero-order valence-corrected chi connectivity index (χ0v) is 42.4. The van der Waals surface area contributed by atoms with Gasteiger partial charge in [0.15, 0.2) is 11.4 Å². The summed E-state index contributed by atoms with van der Waals surface area (Å²) in [4.78, 5) is 58.3. The number of hydrogen-bond acceptors (Lipinski definition) is 9. The van der Waals surface area contributed by atoms with E-state index in [1.165, 1.54) is 37.7 Å². The number of alkyl halides is 3. The van der Waals surface area contributed by atoms with Crippen LogP contribution in [0.5, 0.6) is 0 Å². The minimum atomic E-state index is -4.38. The van der Waals surface area contributed by atoms with Gasteiger partial charge in [0.25, 0.3) is 11.8 Å². The van der Waals surface area contributed by atoms with Gasteiger partial charge in [0.1, 0.15) is 29.6 Å². The van der Waals surface area contributed by atoms with Crippen LogP contribution in [0.4, 0.5) is 22.0 Å². The number of rotatable bonds is 6. The zero-order valence-electron chi connectivity index (χ0n) is 42.4. The molecule has 6 rings (SSSR count). The number of primary amides is 1. The van der Waals surface area contributed by atoms with Gasteiger partial charge in [0.2, 0.25) is 6.41 Å². The van der Waals surface area contributed by atoms with E-state index in [4.69, 9.17) is 4.79 Å². The lowest BCUT2D eigenvalue weighted by Gasteiger charge is -2.26. The molecule has 4 heterocycles. The van der Waals surface area contributed by atoms with Crippen molar-refractivity contribution in [3.05, 3.63) is 82.4 Å². The molecular weight excluding hydrogens is 888 g/mol. The van der Waals surface area contributed by atoms with Gasteiger partial charge in [0, 0.05) is 50.4 Å². The molecule has 1 unspecified atom stereocenters. The molecule has 0 fully saturated rings. The molecular formula is C49H75F5N10O4. The van der Waals surface area contributed by atoms with Crippen molar-refractivity contribution in [2.24, 2.45) is 16.6 Å². The quantitative estimate of drug-likeness (QED) is 0.110. The first kappa shape index (κ1) is 60.5. The molecule has 2 aliphatic rings. The summed E-state index contributed by atoms with van der Waals surface area (Å²) in [6.45, 7) is 22.5. The number of fused-ring (bicyclic) bond motifs is 2. The lowest BCUT2D eigenvalue weighted by atomic mass is 9.87. The van der Waals surface area contributed by atoms with Gasteiger partial charge in [-0.25, -0.2) is 18.7 Å². The number of nitrogens with zero attached hydrogens (tertiary/aromatic N) is 6. The Morgan fingerprint density at radius 1 is 0.735 bits per heavy atom. The molecule has 2 aliphatic heterocycles. The van der Waals surface area contributed by atoms with Crippen LogP contribution in [-0.4, -0.2) is 108 Å². The van der Waals surface area contributed by atoms with Gasteiger partial charge in [0.05, 0.1) is 23.0 Å². The Bertz CT molecular complexity index is 2170. The predicted octanol–water partition coefficient (Wildman–Crippen LogP) is 8.18. The van der Waals surface area contributed by atoms with Gasteiger partial charge in [-0.2, -0.15) is 13.2 Å². The first-order valence-corrected chi connectivity index (χ1v) is 22.7. The molecule has 14 nitrogen and oxygen atoms in total. The van der Waals surface area contributed by atoms with E-state index >= 15 is 0 Å². The molecule has 0 saturated heterocycles. The largest absolute Gasteiger partial charge is 0.416 e. The Hall–Kier alpha value is -5.53. The fraction of sp³-hybridized carbons (Fsp3) is 0.551. The van der Waals surface area contributed by atoms with E-state index in [1.807, 2.05) is 71.9 Å². The molecule has 2 aromatic carbocycles. The molecule has 5 N–H and O–H groups in total. The van der Waals surface area contributed by atoms with Crippen molar-refractivity contribution in [3.63, 3.8) is 0 Å². The van der Waals surface area contributed by atoms with Crippen LogP contribution < -0.4 is 21.7 Å². The van der Waals surface area contributed by atoms with Crippen LogP contribution in [0.3, 0.4) is 0 Å². The summed E-state index contributed by atoms with van der Waals surface area (Å²) in [5, 5.41) is 8.07. The van der Waals surface area contributed by atoms with E-state index in [0.717, 1.165) is 49.8 Å². The molecule has 0 spiro atoms. The van der Waals surface area contributed by atoms with Crippen LogP contribution in [-0.2, 0) is 41.9 Å². The van der Waals surface area contributed by atoms with Gasteiger partial charge in [-0.15, -0.1) is 0 Å². The second-order valence-corrected chi connectivity index (χ2v) is 18.3. The smallest absolute Gasteiger partial charge is 0.372 e. The highest BCUT2D eigenvalue weighted by Crippen LogP contribution is 2.33. The SMILES string of the molecule is CC.CCC(C)(C)C.CN1CCCn2c(-c3cc(F)cc(F)c3)nc(C(=O)NC(C=O)C(C)(C)C)c2C1.CNC.CNC(=O)c1nc(-c2ccc(C(F)(F)F)cc2)n2c1CN(C)CCC2.NC=O. The summed E-state index contributed by atoms with van der Waals surface area (Å²) >= 11 is 0. The Kier molecular flexibility index (Phi) is 25.0. The maximum atomic E-state index is 13.8. The van der Waals surface area contributed by atoms with Gasteiger partial charge in [-0.05, 0) is 89.2 Å². The first-order chi connectivity index (χ1) is 31.8. The molecule has 4 aromatic rings. The number of benzene rings is 2. The number of hydrogen-bond donors (Lipinski definition) is 4. The highest BCUT2D eigenvalue weighted by Gasteiger charge is 2.32. The molecule has 380 valence electrons. The third-order valence-corrected chi connectivity index (χ3v) is 10.5. The average Bonchev–Trinajstić information content (AvgIpc) is 3.64. The maximum absolute atomic E-state index is 13.8. The number of aldehydes is 1. The monoisotopic (exact) mass is 963 g/mol. The molecule has 0 radical (unpaired) electrons. The lowest BCUT2D eigenvalue weighted by Crippen LogP contribution is -2.45. The number of nitrogens with two attached hydrogens (primary N) is 1.